The molecule has 1 aromatic rings. The highest BCUT2D eigenvalue weighted by Crippen LogP contribution is 2.15. The molecule has 0 amide bonds. The number of piperidine rings is 1. The van der Waals surface area contributed by atoms with Crippen LogP contribution in [-0.4, -0.2) is 56.9 Å². The fraction of sp³-hybridized carbons (Fsp3) is 0.650. The van der Waals surface area contributed by atoms with E-state index in [9.17, 15) is 0 Å². The second kappa shape index (κ2) is 13.3. The van der Waals surface area contributed by atoms with E-state index in [0.717, 1.165) is 64.6 Å². The van der Waals surface area contributed by atoms with Gasteiger partial charge in [0.2, 0.25) is 0 Å². The summed E-state index contributed by atoms with van der Waals surface area (Å²) in [5.41, 5.74) is 2.58. The predicted octanol–water partition coefficient (Wildman–Crippen LogP) is 3.60. The maximum atomic E-state index is 5.95. The van der Waals surface area contributed by atoms with Gasteiger partial charge in [0, 0.05) is 40.0 Å². The van der Waals surface area contributed by atoms with Gasteiger partial charge in [-0.1, -0.05) is 24.3 Å². The minimum atomic E-state index is 0. The summed E-state index contributed by atoms with van der Waals surface area (Å²) in [5, 5.41) is 3.44. The molecule has 0 saturated carbocycles. The molecule has 0 radical (unpaired) electrons. The van der Waals surface area contributed by atoms with Gasteiger partial charge in [0.15, 0.2) is 5.96 Å². The van der Waals surface area contributed by atoms with E-state index in [4.69, 9.17) is 14.5 Å². The molecule has 1 aliphatic rings. The molecule has 2 rings (SSSR count). The minimum Gasteiger partial charge on any atom is -0.385 e. The largest absolute Gasteiger partial charge is 0.385 e. The zero-order valence-corrected chi connectivity index (χ0v) is 18.7. The molecule has 1 saturated heterocycles. The number of halogens is 1. The second-order valence-electron chi connectivity index (χ2n) is 6.50. The quantitative estimate of drug-likeness (QED) is 0.270. The SMILES string of the molecule is CCNC(=NCc1ccccc1C)N1CCC(OCCCOC)CC1.I. The Balaban J connectivity index is 0.00000338. The van der Waals surface area contributed by atoms with Gasteiger partial charge in [-0.05, 0) is 44.2 Å². The number of hydrogen-bond acceptors (Lipinski definition) is 3. The molecule has 0 aliphatic carbocycles. The van der Waals surface area contributed by atoms with Gasteiger partial charge in [-0.3, -0.25) is 0 Å². The lowest BCUT2D eigenvalue weighted by atomic mass is 10.1. The van der Waals surface area contributed by atoms with Crippen LogP contribution in [0.3, 0.4) is 0 Å². The lowest BCUT2D eigenvalue weighted by molar-refractivity contribution is 0.00990. The fourth-order valence-electron chi connectivity index (χ4n) is 3.06. The van der Waals surface area contributed by atoms with E-state index in [1.807, 2.05) is 0 Å². The zero-order chi connectivity index (χ0) is 17.9. The van der Waals surface area contributed by atoms with Gasteiger partial charge >= 0.3 is 0 Å². The number of aryl methyl sites for hydroxylation is 1. The average molecular weight is 475 g/mol. The molecular formula is C20H34IN3O2. The third-order valence-electron chi connectivity index (χ3n) is 4.58. The number of likely N-dealkylation sites (tertiary alicyclic amines) is 1. The van der Waals surface area contributed by atoms with E-state index in [2.05, 4.69) is 48.3 Å². The summed E-state index contributed by atoms with van der Waals surface area (Å²) in [7, 11) is 1.73. The maximum absolute atomic E-state index is 5.95. The predicted molar refractivity (Wildman–Crippen MR) is 118 cm³/mol. The van der Waals surface area contributed by atoms with Crippen LogP contribution >= 0.6 is 24.0 Å². The smallest absolute Gasteiger partial charge is 0.194 e. The number of guanidine groups is 1. The highest BCUT2D eigenvalue weighted by atomic mass is 127. The van der Waals surface area contributed by atoms with Crippen LogP contribution in [0.4, 0.5) is 0 Å². The van der Waals surface area contributed by atoms with E-state index < -0.39 is 0 Å². The van der Waals surface area contributed by atoms with Crippen LogP contribution in [0.25, 0.3) is 0 Å². The van der Waals surface area contributed by atoms with Crippen molar-refractivity contribution in [2.75, 3.05) is 40.0 Å². The highest BCUT2D eigenvalue weighted by Gasteiger charge is 2.21. The first-order valence-corrected chi connectivity index (χ1v) is 9.43. The van der Waals surface area contributed by atoms with Crippen molar-refractivity contribution in [2.24, 2.45) is 4.99 Å². The van der Waals surface area contributed by atoms with Crippen molar-refractivity contribution in [1.29, 1.82) is 0 Å². The molecular weight excluding hydrogens is 441 g/mol. The molecule has 0 atom stereocenters. The van der Waals surface area contributed by atoms with E-state index in [1.165, 1.54) is 11.1 Å². The third kappa shape index (κ3) is 7.80. The standard InChI is InChI=1S/C20H33N3O2.HI/c1-4-21-20(22-16-18-9-6-5-8-17(18)2)23-12-10-19(11-13-23)25-15-7-14-24-3;/h5-6,8-9,19H,4,7,10-16H2,1-3H3,(H,21,22);1H. The molecule has 0 bridgehead atoms. The van der Waals surface area contributed by atoms with Crippen molar-refractivity contribution in [3.05, 3.63) is 35.4 Å². The van der Waals surface area contributed by atoms with Crippen LogP contribution in [0.2, 0.25) is 0 Å². The van der Waals surface area contributed by atoms with Gasteiger partial charge in [-0.15, -0.1) is 24.0 Å². The first kappa shape index (κ1) is 23.2. The Morgan fingerprint density at radius 2 is 1.96 bits per heavy atom. The normalized spacial score (nSPS) is 15.7. The molecule has 1 aliphatic heterocycles. The Morgan fingerprint density at radius 3 is 2.62 bits per heavy atom. The van der Waals surface area contributed by atoms with Gasteiger partial charge in [0.25, 0.3) is 0 Å². The highest BCUT2D eigenvalue weighted by molar-refractivity contribution is 14.0. The summed E-state index contributed by atoms with van der Waals surface area (Å²) in [6.07, 6.45) is 3.45. The summed E-state index contributed by atoms with van der Waals surface area (Å²) in [6.45, 7) is 9.43. The molecule has 5 nitrogen and oxygen atoms in total. The van der Waals surface area contributed by atoms with E-state index in [0.29, 0.717) is 6.10 Å². The lowest BCUT2D eigenvalue weighted by Crippen LogP contribution is -2.47. The number of nitrogens with one attached hydrogen (secondary N) is 1. The van der Waals surface area contributed by atoms with Crippen LogP contribution < -0.4 is 5.32 Å². The number of rotatable bonds is 8. The Labute approximate surface area is 175 Å². The fourth-order valence-corrected chi connectivity index (χ4v) is 3.06. The van der Waals surface area contributed by atoms with Crippen LogP contribution in [0.5, 0.6) is 0 Å². The van der Waals surface area contributed by atoms with Crippen molar-refractivity contribution in [1.82, 2.24) is 10.2 Å². The molecule has 0 aromatic heterocycles. The molecule has 6 heteroatoms. The summed E-state index contributed by atoms with van der Waals surface area (Å²) >= 11 is 0. The van der Waals surface area contributed by atoms with Gasteiger partial charge in [-0.2, -0.15) is 0 Å². The Morgan fingerprint density at radius 1 is 1.23 bits per heavy atom. The van der Waals surface area contributed by atoms with Crippen LogP contribution in [0.15, 0.2) is 29.3 Å². The first-order chi connectivity index (χ1) is 12.2. The second-order valence-corrected chi connectivity index (χ2v) is 6.50. The molecule has 1 N–H and O–H groups in total. The number of nitrogens with zero attached hydrogens (tertiary/aromatic N) is 2. The van der Waals surface area contributed by atoms with Crippen molar-refractivity contribution in [2.45, 2.75) is 45.8 Å². The van der Waals surface area contributed by atoms with E-state index in [-0.39, 0.29) is 24.0 Å². The lowest BCUT2D eigenvalue weighted by Gasteiger charge is -2.34. The minimum absolute atomic E-state index is 0. The van der Waals surface area contributed by atoms with Crippen LogP contribution in [0.1, 0.15) is 37.3 Å². The van der Waals surface area contributed by atoms with Gasteiger partial charge < -0.3 is 19.7 Å². The maximum Gasteiger partial charge on any atom is 0.194 e. The number of ether oxygens (including phenoxy) is 2. The molecule has 1 heterocycles. The van der Waals surface area contributed by atoms with Gasteiger partial charge in [0.05, 0.1) is 12.6 Å². The van der Waals surface area contributed by atoms with Gasteiger partial charge in [0.1, 0.15) is 0 Å². The number of methoxy groups -OCH3 is 1. The van der Waals surface area contributed by atoms with Gasteiger partial charge in [-0.25, -0.2) is 4.99 Å². The molecule has 1 fully saturated rings. The van der Waals surface area contributed by atoms with Crippen molar-refractivity contribution >= 4 is 29.9 Å². The third-order valence-corrected chi connectivity index (χ3v) is 4.58. The molecule has 1 aromatic carbocycles. The molecule has 148 valence electrons. The zero-order valence-electron chi connectivity index (χ0n) is 16.4. The Kier molecular flexibility index (Phi) is 11.9. The van der Waals surface area contributed by atoms with E-state index >= 15 is 0 Å². The number of benzene rings is 1. The summed E-state index contributed by atoms with van der Waals surface area (Å²) in [5.74, 6) is 1.02. The number of hydrogen-bond donors (Lipinski definition) is 1. The molecule has 26 heavy (non-hydrogen) atoms. The summed E-state index contributed by atoms with van der Waals surface area (Å²) in [4.78, 5) is 7.21. The number of aliphatic imine (C=N–C) groups is 1. The van der Waals surface area contributed by atoms with Crippen molar-refractivity contribution < 1.29 is 9.47 Å². The topological polar surface area (TPSA) is 46.1 Å². The Bertz CT molecular complexity index is 532. The molecule has 0 spiro atoms. The van der Waals surface area contributed by atoms with Crippen LogP contribution in [0, 0.1) is 6.92 Å². The first-order valence-electron chi connectivity index (χ1n) is 9.43. The Hall–Kier alpha value is -0.860. The molecule has 0 unspecified atom stereocenters. The van der Waals surface area contributed by atoms with Crippen molar-refractivity contribution in [3.63, 3.8) is 0 Å². The van der Waals surface area contributed by atoms with Crippen molar-refractivity contribution in [3.8, 4) is 0 Å². The summed E-state index contributed by atoms with van der Waals surface area (Å²) < 4.78 is 11.0. The van der Waals surface area contributed by atoms with Crippen LogP contribution in [-0.2, 0) is 16.0 Å². The average Bonchev–Trinajstić information content (AvgIpc) is 2.64. The monoisotopic (exact) mass is 475 g/mol. The van der Waals surface area contributed by atoms with E-state index in [1.54, 1.807) is 7.11 Å². The summed E-state index contributed by atoms with van der Waals surface area (Å²) in [6, 6.07) is 8.45.